The minimum atomic E-state index is -0.887. The first kappa shape index (κ1) is 16.9. The van der Waals surface area contributed by atoms with Crippen molar-refractivity contribution in [2.24, 2.45) is 0 Å². The molecule has 0 fully saturated rings. The van der Waals surface area contributed by atoms with Gasteiger partial charge in [0.1, 0.15) is 0 Å². The normalized spacial score (nSPS) is 13.2. The number of ether oxygens (including phenoxy) is 1. The van der Waals surface area contributed by atoms with Crippen molar-refractivity contribution in [1.82, 2.24) is 4.90 Å². The predicted octanol–water partition coefficient (Wildman–Crippen LogP) is 1.90. The van der Waals surface area contributed by atoms with Crippen LogP contribution in [0.4, 0.5) is 0 Å². The smallest absolute Gasteiger partial charge is 0.305 e. The van der Waals surface area contributed by atoms with Gasteiger partial charge in [-0.2, -0.15) is 0 Å². The zero-order valence-electron chi connectivity index (χ0n) is 12.0. The largest absolute Gasteiger partial charge is 0.481 e. The molecule has 0 aromatic heterocycles. The van der Waals surface area contributed by atoms with E-state index < -0.39 is 5.97 Å². The summed E-state index contributed by atoms with van der Waals surface area (Å²) in [6.45, 7) is 7.89. The van der Waals surface area contributed by atoms with Crippen molar-refractivity contribution >= 4 is 11.9 Å². The Morgan fingerprint density at radius 3 is 2.22 bits per heavy atom. The molecule has 1 atom stereocenters. The maximum absolute atomic E-state index is 12.1. The molecule has 0 saturated carbocycles. The van der Waals surface area contributed by atoms with Gasteiger partial charge in [0.05, 0.1) is 12.5 Å². The van der Waals surface area contributed by atoms with Gasteiger partial charge in [0.2, 0.25) is 5.91 Å². The van der Waals surface area contributed by atoms with Crippen LogP contribution in [0.3, 0.4) is 0 Å². The summed E-state index contributed by atoms with van der Waals surface area (Å²) in [4.78, 5) is 24.3. The number of carbonyl (C=O) groups is 2. The second kappa shape index (κ2) is 7.36. The third-order valence-corrected chi connectivity index (χ3v) is 2.83. The van der Waals surface area contributed by atoms with Gasteiger partial charge < -0.3 is 14.7 Å². The molecule has 0 heterocycles. The van der Waals surface area contributed by atoms with Crippen molar-refractivity contribution in [2.75, 3.05) is 13.7 Å². The van der Waals surface area contributed by atoms with Crippen LogP contribution in [0, 0.1) is 0 Å². The van der Waals surface area contributed by atoms with Gasteiger partial charge in [-0.15, -0.1) is 0 Å². The number of carboxylic acid groups (broad SMARTS) is 1. The Bertz CT molecular complexity index is 283. The molecule has 0 aromatic rings. The van der Waals surface area contributed by atoms with E-state index in [1.54, 1.807) is 12.0 Å². The highest BCUT2D eigenvalue weighted by Crippen LogP contribution is 2.16. The number of aliphatic carboxylic acids is 1. The van der Waals surface area contributed by atoms with Crippen LogP contribution in [0.1, 0.15) is 47.0 Å². The zero-order valence-corrected chi connectivity index (χ0v) is 12.0. The van der Waals surface area contributed by atoms with E-state index in [1.165, 1.54) is 0 Å². The number of rotatable bonds is 7. The highest BCUT2D eigenvalue weighted by Gasteiger charge is 2.26. The first-order chi connectivity index (χ1) is 8.18. The number of carboxylic acids is 1. The highest BCUT2D eigenvalue weighted by molar-refractivity contribution is 5.77. The Labute approximate surface area is 109 Å². The Kier molecular flexibility index (Phi) is 6.91. The lowest BCUT2D eigenvalue weighted by atomic mass is 10.0. The van der Waals surface area contributed by atoms with E-state index in [0.717, 1.165) is 0 Å². The van der Waals surface area contributed by atoms with Crippen LogP contribution >= 0.6 is 0 Å². The number of amides is 1. The van der Waals surface area contributed by atoms with Gasteiger partial charge in [0, 0.05) is 25.6 Å². The van der Waals surface area contributed by atoms with Crippen molar-refractivity contribution in [3.8, 4) is 0 Å². The second-order valence-electron chi connectivity index (χ2n) is 5.44. The fraction of sp³-hybridized carbons (Fsp3) is 0.846. The van der Waals surface area contributed by atoms with Crippen LogP contribution < -0.4 is 0 Å². The number of hydrogen-bond acceptors (Lipinski definition) is 3. The van der Waals surface area contributed by atoms with Gasteiger partial charge in [-0.05, 0) is 34.1 Å². The lowest BCUT2D eigenvalue weighted by molar-refractivity contribution is -0.140. The van der Waals surface area contributed by atoms with Gasteiger partial charge in [-0.25, -0.2) is 0 Å². The summed E-state index contributed by atoms with van der Waals surface area (Å²) < 4.78 is 5.10. The van der Waals surface area contributed by atoms with E-state index in [2.05, 4.69) is 0 Å². The molecule has 5 nitrogen and oxygen atoms in total. The quantitative estimate of drug-likeness (QED) is 0.758. The summed E-state index contributed by atoms with van der Waals surface area (Å²) in [6.07, 6.45) is 1.04. The van der Waals surface area contributed by atoms with Gasteiger partial charge >= 0.3 is 5.97 Å². The molecule has 1 amide bonds. The number of nitrogens with zero attached hydrogens (tertiary/aromatic N) is 1. The van der Waals surface area contributed by atoms with Crippen molar-refractivity contribution in [2.45, 2.75) is 58.6 Å². The van der Waals surface area contributed by atoms with E-state index in [9.17, 15) is 9.59 Å². The zero-order chi connectivity index (χ0) is 14.3. The number of hydrogen-bond donors (Lipinski definition) is 1. The molecule has 1 unspecified atom stereocenters. The van der Waals surface area contributed by atoms with Crippen LogP contribution in [0.5, 0.6) is 0 Å². The van der Waals surface area contributed by atoms with Gasteiger partial charge in [-0.1, -0.05) is 0 Å². The third-order valence-electron chi connectivity index (χ3n) is 2.83. The van der Waals surface area contributed by atoms with Gasteiger partial charge in [0.15, 0.2) is 0 Å². The van der Waals surface area contributed by atoms with Crippen LogP contribution in [0.15, 0.2) is 0 Å². The maximum atomic E-state index is 12.1. The van der Waals surface area contributed by atoms with E-state index in [-0.39, 0.29) is 30.5 Å². The summed E-state index contributed by atoms with van der Waals surface area (Å²) in [7, 11) is 1.61. The minimum Gasteiger partial charge on any atom is -0.481 e. The van der Waals surface area contributed by atoms with Crippen molar-refractivity contribution in [3.63, 3.8) is 0 Å². The monoisotopic (exact) mass is 259 g/mol. The molecule has 0 saturated heterocycles. The van der Waals surface area contributed by atoms with E-state index in [0.29, 0.717) is 12.8 Å². The molecule has 5 heteroatoms. The number of carbonyl (C=O) groups excluding carboxylic acids is 1. The summed E-state index contributed by atoms with van der Waals surface area (Å²) in [5, 5.41) is 8.71. The number of methoxy groups -OCH3 is 1. The van der Waals surface area contributed by atoms with E-state index in [1.807, 2.05) is 27.7 Å². The molecule has 106 valence electrons. The lowest BCUT2D eigenvalue weighted by Crippen LogP contribution is -2.46. The molecule has 0 bridgehead atoms. The molecular formula is C13H25NO4. The Morgan fingerprint density at radius 2 is 1.83 bits per heavy atom. The molecule has 0 aliphatic rings. The fourth-order valence-electron chi connectivity index (χ4n) is 1.62. The molecule has 0 aromatic carbocycles. The summed E-state index contributed by atoms with van der Waals surface area (Å²) in [6, 6.07) is 0. The van der Waals surface area contributed by atoms with Crippen LogP contribution in [0.2, 0.25) is 0 Å². The van der Waals surface area contributed by atoms with Crippen LogP contribution in [-0.4, -0.2) is 47.2 Å². The van der Waals surface area contributed by atoms with E-state index >= 15 is 0 Å². The second-order valence-corrected chi connectivity index (χ2v) is 5.44. The SMILES string of the molecule is COC(C)CCC(=O)N(CCC(=O)O)C(C)(C)C. The van der Waals surface area contributed by atoms with Crippen molar-refractivity contribution in [3.05, 3.63) is 0 Å². The van der Waals surface area contributed by atoms with Crippen molar-refractivity contribution in [1.29, 1.82) is 0 Å². The predicted molar refractivity (Wildman–Crippen MR) is 69.4 cm³/mol. The Morgan fingerprint density at radius 1 is 1.28 bits per heavy atom. The standard InChI is InChI=1S/C13H25NO4/c1-10(18-5)6-7-11(15)14(13(2,3)4)9-8-12(16)17/h10H,6-9H2,1-5H3,(H,16,17). The van der Waals surface area contributed by atoms with Gasteiger partial charge in [0.25, 0.3) is 0 Å². The Balaban J connectivity index is 4.46. The molecule has 1 N–H and O–H groups in total. The van der Waals surface area contributed by atoms with Crippen molar-refractivity contribution < 1.29 is 19.4 Å². The van der Waals surface area contributed by atoms with E-state index in [4.69, 9.17) is 9.84 Å². The molecule has 0 aliphatic carbocycles. The van der Waals surface area contributed by atoms with Crippen LogP contribution in [-0.2, 0) is 14.3 Å². The maximum Gasteiger partial charge on any atom is 0.305 e. The average molecular weight is 259 g/mol. The third kappa shape index (κ3) is 6.59. The molecule has 0 rings (SSSR count). The molecule has 0 aliphatic heterocycles. The summed E-state index contributed by atoms with van der Waals surface area (Å²) in [5.41, 5.74) is -0.358. The first-order valence-corrected chi connectivity index (χ1v) is 6.23. The Hall–Kier alpha value is -1.10. The summed E-state index contributed by atoms with van der Waals surface area (Å²) in [5.74, 6) is -0.907. The molecule has 0 radical (unpaired) electrons. The highest BCUT2D eigenvalue weighted by atomic mass is 16.5. The molecule has 18 heavy (non-hydrogen) atoms. The first-order valence-electron chi connectivity index (χ1n) is 6.23. The topological polar surface area (TPSA) is 66.8 Å². The summed E-state index contributed by atoms with van der Waals surface area (Å²) >= 11 is 0. The van der Waals surface area contributed by atoms with Crippen LogP contribution in [0.25, 0.3) is 0 Å². The molecular weight excluding hydrogens is 234 g/mol. The minimum absolute atomic E-state index is 0.0207. The fourth-order valence-corrected chi connectivity index (χ4v) is 1.62. The van der Waals surface area contributed by atoms with Gasteiger partial charge in [-0.3, -0.25) is 9.59 Å². The molecule has 0 spiro atoms. The lowest BCUT2D eigenvalue weighted by Gasteiger charge is -2.35. The average Bonchev–Trinajstić information content (AvgIpc) is 2.23.